The Balaban J connectivity index is 1.50. The van der Waals surface area contributed by atoms with Gasteiger partial charge in [0, 0.05) is 69.3 Å². The van der Waals surface area contributed by atoms with Crippen LogP contribution in [0.15, 0.2) is 47.6 Å². The van der Waals surface area contributed by atoms with Crippen LogP contribution in [0, 0.1) is 11.8 Å². The van der Waals surface area contributed by atoms with Crippen molar-refractivity contribution >= 4 is 11.7 Å². The third-order valence-corrected chi connectivity index (χ3v) is 7.07. The normalized spacial score (nSPS) is 30.9. The molecular weight excluding hydrogens is 392 g/mol. The number of fused-ring (bicyclic) bond motifs is 3. The highest BCUT2D eigenvalue weighted by Crippen LogP contribution is 2.56. The predicted molar refractivity (Wildman–Crippen MR) is 117 cm³/mol. The summed E-state index contributed by atoms with van der Waals surface area (Å²) < 4.78 is 17.2. The van der Waals surface area contributed by atoms with E-state index < -0.39 is 5.60 Å². The number of carbonyl (C=O) groups is 1. The lowest BCUT2D eigenvalue weighted by Crippen LogP contribution is -2.48. The Hall–Kier alpha value is -2.59. The second-order valence-electron chi connectivity index (χ2n) is 8.86. The maximum Gasteiger partial charge on any atom is 0.332 e. The smallest absolute Gasteiger partial charge is 0.332 e. The topological polar surface area (TPSA) is 51.2 Å². The first-order chi connectivity index (χ1) is 15.0. The van der Waals surface area contributed by atoms with Gasteiger partial charge in [-0.2, -0.15) is 0 Å². The molecular formula is C25H28N2O4. The molecule has 2 fully saturated rings. The van der Waals surface area contributed by atoms with E-state index in [0.717, 1.165) is 41.7 Å². The van der Waals surface area contributed by atoms with Crippen LogP contribution in [-0.2, 0) is 19.0 Å². The summed E-state index contributed by atoms with van der Waals surface area (Å²) >= 11 is 0. The second-order valence-corrected chi connectivity index (χ2v) is 8.86. The Kier molecular flexibility index (Phi) is 4.93. The predicted octanol–water partition coefficient (Wildman–Crippen LogP) is 2.49. The van der Waals surface area contributed by atoms with Gasteiger partial charge in [0.1, 0.15) is 0 Å². The summed E-state index contributed by atoms with van der Waals surface area (Å²) in [5.41, 5.74) is 3.32. The number of hydrogen-bond acceptors (Lipinski definition) is 6. The molecule has 6 nitrogen and oxygen atoms in total. The Morgan fingerprint density at radius 3 is 2.58 bits per heavy atom. The summed E-state index contributed by atoms with van der Waals surface area (Å²) in [4.78, 5) is 16.9. The maximum absolute atomic E-state index is 12.4. The van der Waals surface area contributed by atoms with E-state index in [1.165, 1.54) is 0 Å². The standard InChI is InChI=1S/C25H28N2O4/c1-26(2)18-9-6-16(7-10-18)5-8-17-13-19-15-25(20(17)14-23(28)31-25)22-12-11-21(27(19)22)24(29-3)30-4/h6-7,9-10,13-14,19,21-22,24H,11-12,15H2,1-4H3/t19-,21-,22-,25+/m1/s1. The monoisotopic (exact) mass is 420 g/mol. The molecule has 1 aromatic carbocycles. The van der Waals surface area contributed by atoms with Crippen LogP contribution in [0.25, 0.3) is 0 Å². The zero-order valence-corrected chi connectivity index (χ0v) is 18.4. The summed E-state index contributed by atoms with van der Waals surface area (Å²) in [5, 5.41) is 0. The van der Waals surface area contributed by atoms with Gasteiger partial charge in [-0.1, -0.05) is 17.9 Å². The first-order valence-corrected chi connectivity index (χ1v) is 10.8. The van der Waals surface area contributed by atoms with E-state index in [1.54, 1.807) is 20.3 Å². The molecule has 1 spiro atoms. The third-order valence-electron chi connectivity index (χ3n) is 7.07. The van der Waals surface area contributed by atoms with Gasteiger partial charge < -0.3 is 19.1 Å². The minimum atomic E-state index is -0.601. The summed E-state index contributed by atoms with van der Waals surface area (Å²) in [6.07, 6.45) is 6.21. The van der Waals surface area contributed by atoms with E-state index in [0.29, 0.717) is 0 Å². The zero-order chi connectivity index (χ0) is 21.8. The highest BCUT2D eigenvalue weighted by Gasteiger charge is 2.65. The lowest BCUT2D eigenvalue weighted by atomic mass is 9.77. The van der Waals surface area contributed by atoms with Crippen LogP contribution < -0.4 is 4.90 Å². The van der Waals surface area contributed by atoms with Crippen molar-refractivity contribution in [2.45, 2.75) is 49.3 Å². The highest BCUT2D eigenvalue weighted by atomic mass is 16.7. The van der Waals surface area contributed by atoms with Crippen molar-refractivity contribution in [1.82, 2.24) is 4.90 Å². The lowest BCUT2D eigenvalue weighted by Gasteiger charge is -2.33. The van der Waals surface area contributed by atoms with E-state index in [9.17, 15) is 4.79 Å². The van der Waals surface area contributed by atoms with Gasteiger partial charge in [-0.05, 0) is 37.1 Å². The SMILES string of the molecule is COC(OC)[C@H]1CC[C@H]2N1[C@@H]1C=C(C#Cc3ccc(N(C)C)cc3)C3=CC(=O)O[C@@]32C1. The summed E-state index contributed by atoms with van der Waals surface area (Å²) in [6, 6.07) is 8.57. The average molecular weight is 421 g/mol. The molecule has 3 heterocycles. The number of ether oxygens (including phenoxy) is 3. The summed E-state index contributed by atoms with van der Waals surface area (Å²) in [6.45, 7) is 0. The van der Waals surface area contributed by atoms with Crippen molar-refractivity contribution in [2.75, 3.05) is 33.2 Å². The number of esters is 1. The van der Waals surface area contributed by atoms with Crippen molar-refractivity contribution in [2.24, 2.45) is 0 Å². The third kappa shape index (κ3) is 3.11. The molecule has 4 aliphatic rings. The quantitative estimate of drug-likeness (QED) is 0.424. The van der Waals surface area contributed by atoms with Crippen molar-refractivity contribution in [3.05, 3.63) is 53.1 Å². The lowest BCUT2D eigenvalue weighted by molar-refractivity contribution is -0.151. The summed E-state index contributed by atoms with van der Waals surface area (Å²) in [5.74, 6) is 6.36. The molecule has 2 saturated heterocycles. The molecule has 3 aliphatic heterocycles. The van der Waals surface area contributed by atoms with Gasteiger partial charge in [0.05, 0.1) is 12.1 Å². The molecule has 1 aromatic rings. The van der Waals surface area contributed by atoms with Gasteiger partial charge in [-0.25, -0.2) is 4.79 Å². The van der Waals surface area contributed by atoms with E-state index >= 15 is 0 Å². The number of nitrogens with zero attached hydrogens (tertiary/aromatic N) is 2. The fourth-order valence-corrected chi connectivity index (χ4v) is 5.78. The minimum Gasteiger partial charge on any atom is -0.449 e. The van der Waals surface area contributed by atoms with Gasteiger partial charge in [0.15, 0.2) is 11.9 Å². The maximum atomic E-state index is 12.4. The van der Waals surface area contributed by atoms with E-state index in [-0.39, 0.29) is 30.4 Å². The first-order valence-electron chi connectivity index (χ1n) is 10.8. The highest BCUT2D eigenvalue weighted by molar-refractivity contribution is 5.90. The number of rotatable bonds is 4. The van der Waals surface area contributed by atoms with Crippen LogP contribution in [0.5, 0.6) is 0 Å². The molecule has 0 amide bonds. The number of carbonyl (C=O) groups excluding carboxylic acids is 1. The molecule has 6 heteroatoms. The fraction of sp³-hybridized carbons (Fsp3) is 0.480. The van der Waals surface area contributed by atoms with Crippen molar-refractivity contribution in [1.29, 1.82) is 0 Å². The van der Waals surface area contributed by atoms with Crippen molar-refractivity contribution < 1.29 is 19.0 Å². The van der Waals surface area contributed by atoms with Crippen LogP contribution >= 0.6 is 0 Å². The Bertz CT molecular complexity index is 1010. The Morgan fingerprint density at radius 1 is 1.16 bits per heavy atom. The Morgan fingerprint density at radius 2 is 1.90 bits per heavy atom. The molecule has 0 radical (unpaired) electrons. The molecule has 0 N–H and O–H groups in total. The van der Waals surface area contributed by atoms with Crippen LogP contribution in [0.2, 0.25) is 0 Å². The molecule has 0 unspecified atom stereocenters. The number of hydrogen-bond donors (Lipinski definition) is 0. The Labute approximate surface area is 183 Å². The van der Waals surface area contributed by atoms with E-state index in [4.69, 9.17) is 14.2 Å². The molecule has 1 aliphatic carbocycles. The number of methoxy groups -OCH3 is 2. The van der Waals surface area contributed by atoms with Gasteiger partial charge in [-0.3, -0.25) is 4.90 Å². The number of benzene rings is 1. The average Bonchev–Trinajstić information content (AvgIpc) is 3.41. The summed E-state index contributed by atoms with van der Waals surface area (Å²) in [7, 11) is 7.39. The van der Waals surface area contributed by atoms with Crippen LogP contribution in [0.4, 0.5) is 5.69 Å². The van der Waals surface area contributed by atoms with Crippen LogP contribution in [0.3, 0.4) is 0 Å². The van der Waals surface area contributed by atoms with Crippen LogP contribution in [-0.4, -0.2) is 69.2 Å². The van der Waals surface area contributed by atoms with E-state index in [2.05, 4.69) is 39.8 Å². The number of anilines is 1. The first kappa shape index (κ1) is 20.3. The molecule has 31 heavy (non-hydrogen) atoms. The molecule has 4 atom stereocenters. The largest absolute Gasteiger partial charge is 0.449 e. The molecule has 0 aromatic heterocycles. The van der Waals surface area contributed by atoms with Gasteiger partial charge in [0.25, 0.3) is 0 Å². The van der Waals surface area contributed by atoms with Crippen molar-refractivity contribution in [3.8, 4) is 11.8 Å². The second kappa shape index (κ2) is 7.52. The fourth-order valence-electron chi connectivity index (χ4n) is 5.78. The molecule has 162 valence electrons. The van der Waals surface area contributed by atoms with Crippen LogP contribution in [0.1, 0.15) is 24.8 Å². The van der Waals surface area contributed by atoms with Crippen molar-refractivity contribution in [3.63, 3.8) is 0 Å². The van der Waals surface area contributed by atoms with Gasteiger partial charge >= 0.3 is 5.97 Å². The van der Waals surface area contributed by atoms with Gasteiger partial charge in [-0.15, -0.1) is 0 Å². The van der Waals surface area contributed by atoms with E-state index in [1.807, 2.05) is 26.2 Å². The molecule has 5 rings (SSSR count). The zero-order valence-electron chi connectivity index (χ0n) is 18.4. The minimum absolute atomic E-state index is 0.128. The van der Waals surface area contributed by atoms with Gasteiger partial charge in [0.2, 0.25) is 0 Å². The molecule has 2 bridgehead atoms. The molecule has 0 saturated carbocycles.